The van der Waals surface area contributed by atoms with Gasteiger partial charge < -0.3 is 0 Å². The van der Waals surface area contributed by atoms with E-state index in [1.54, 1.807) is 0 Å². The van der Waals surface area contributed by atoms with Crippen molar-refractivity contribution in [2.24, 2.45) is 0 Å². The maximum atomic E-state index is 12.1. The van der Waals surface area contributed by atoms with Crippen LogP contribution in [-0.4, -0.2) is 13.0 Å². The van der Waals surface area contributed by atoms with E-state index >= 15 is 0 Å². The molecule has 0 aliphatic carbocycles. The van der Waals surface area contributed by atoms with E-state index in [9.17, 15) is 13.0 Å². The van der Waals surface area contributed by atoms with Crippen molar-refractivity contribution in [3.8, 4) is 0 Å². The summed E-state index contributed by atoms with van der Waals surface area (Å²) < 4.78 is 34.0. The van der Waals surface area contributed by atoms with Gasteiger partial charge in [-0.3, -0.25) is 4.55 Å². The van der Waals surface area contributed by atoms with Crippen LogP contribution in [0.2, 0.25) is 0 Å². The topological polar surface area (TPSA) is 54.4 Å². The third-order valence-corrected chi connectivity index (χ3v) is 7.31. The van der Waals surface area contributed by atoms with Gasteiger partial charge >= 0.3 is 0 Å². The van der Waals surface area contributed by atoms with Gasteiger partial charge in [-0.25, -0.2) is 0 Å². The van der Waals surface area contributed by atoms with Gasteiger partial charge in [-0.2, -0.15) is 8.42 Å². The highest BCUT2D eigenvalue weighted by Gasteiger charge is 2.26. The Balaban J connectivity index is 1.68. The zero-order valence-corrected chi connectivity index (χ0v) is 19.5. The minimum atomic E-state index is -4.13. The zero-order chi connectivity index (χ0) is 21.7. The van der Waals surface area contributed by atoms with E-state index in [0.29, 0.717) is 6.42 Å². The van der Waals surface area contributed by atoms with E-state index in [-0.39, 0.29) is 0 Å². The first kappa shape index (κ1) is 24.9. The fourth-order valence-electron chi connectivity index (χ4n) is 4.34. The standard InChI is InChI=1S/C26H40O3S/c1-2-3-4-5-6-7-8-9-10-11-12-13-14-22-26(30(27,28)29)25-21-17-19-23-18-15-16-20-24(23)25/h15-21,26H,2-14,22H2,1H3,(H,27,28,29). The Hall–Kier alpha value is -1.39. The molecule has 0 aliphatic heterocycles. The number of hydrogen-bond acceptors (Lipinski definition) is 2. The molecule has 0 aromatic heterocycles. The summed E-state index contributed by atoms with van der Waals surface area (Å²) >= 11 is 0. The third-order valence-electron chi connectivity index (χ3n) is 6.10. The molecule has 168 valence electrons. The van der Waals surface area contributed by atoms with Crippen LogP contribution in [0.1, 0.15) is 108 Å². The summed E-state index contributed by atoms with van der Waals surface area (Å²) in [5.74, 6) is 0. The summed E-state index contributed by atoms with van der Waals surface area (Å²) in [6.45, 7) is 2.26. The summed E-state index contributed by atoms with van der Waals surface area (Å²) in [6.07, 6.45) is 16.8. The number of benzene rings is 2. The van der Waals surface area contributed by atoms with Crippen molar-refractivity contribution in [1.29, 1.82) is 0 Å². The summed E-state index contributed by atoms with van der Waals surface area (Å²) in [5.41, 5.74) is 0.717. The van der Waals surface area contributed by atoms with Crippen LogP contribution in [0.25, 0.3) is 10.8 Å². The lowest BCUT2D eigenvalue weighted by Gasteiger charge is -2.16. The fourth-order valence-corrected chi connectivity index (χ4v) is 5.33. The summed E-state index contributed by atoms with van der Waals surface area (Å²) in [7, 11) is -4.13. The minimum Gasteiger partial charge on any atom is -0.285 e. The van der Waals surface area contributed by atoms with Crippen LogP contribution < -0.4 is 0 Å². The first-order valence-corrected chi connectivity index (χ1v) is 13.5. The molecule has 0 heterocycles. The SMILES string of the molecule is CCCCCCCCCCCCCCCC(c1cccc2ccccc12)S(=O)(=O)O. The van der Waals surface area contributed by atoms with Crippen molar-refractivity contribution in [3.63, 3.8) is 0 Å². The molecule has 0 fully saturated rings. The molecule has 0 spiro atoms. The molecular formula is C26H40O3S. The Kier molecular flexibility index (Phi) is 11.5. The number of unbranched alkanes of at least 4 members (excludes halogenated alkanes) is 12. The van der Waals surface area contributed by atoms with Gasteiger partial charge in [0, 0.05) is 0 Å². The highest BCUT2D eigenvalue weighted by Crippen LogP contribution is 2.33. The van der Waals surface area contributed by atoms with E-state index in [1.807, 2.05) is 42.5 Å². The van der Waals surface area contributed by atoms with Crippen LogP contribution in [0, 0.1) is 0 Å². The van der Waals surface area contributed by atoms with Gasteiger partial charge in [-0.05, 0) is 22.8 Å². The normalized spacial score (nSPS) is 13.0. The molecule has 0 aliphatic rings. The summed E-state index contributed by atoms with van der Waals surface area (Å²) in [4.78, 5) is 0. The lowest BCUT2D eigenvalue weighted by molar-refractivity contribution is 0.459. The van der Waals surface area contributed by atoms with Crippen LogP contribution >= 0.6 is 0 Å². The zero-order valence-electron chi connectivity index (χ0n) is 18.7. The quantitative estimate of drug-likeness (QED) is 0.214. The lowest BCUT2D eigenvalue weighted by atomic mass is 9.98. The third kappa shape index (κ3) is 8.77. The average Bonchev–Trinajstić information content (AvgIpc) is 2.73. The van der Waals surface area contributed by atoms with Crippen LogP contribution in [-0.2, 0) is 10.1 Å². The minimum absolute atomic E-state index is 0.477. The molecule has 0 saturated carbocycles. The van der Waals surface area contributed by atoms with E-state index in [4.69, 9.17) is 0 Å². The van der Waals surface area contributed by atoms with Crippen molar-refractivity contribution in [3.05, 3.63) is 48.0 Å². The van der Waals surface area contributed by atoms with Crippen LogP contribution in [0.4, 0.5) is 0 Å². The highest BCUT2D eigenvalue weighted by molar-refractivity contribution is 7.86. The van der Waals surface area contributed by atoms with Gasteiger partial charge in [0.1, 0.15) is 5.25 Å². The molecule has 0 bridgehead atoms. The first-order valence-electron chi connectivity index (χ1n) is 12.0. The smallest absolute Gasteiger partial charge is 0.272 e. The molecule has 1 unspecified atom stereocenters. The highest BCUT2D eigenvalue weighted by atomic mass is 32.2. The largest absolute Gasteiger partial charge is 0.285 e. The predicted molar refractivity (Wildman–Crippen MR) is 129 cm³/mol. The van der Waals surface area contributed by atoms with Crippen molar-refractivity contribution < 1.29 is 13.0 Å². The number of rotatable bonds is 16. The second-order valence-corrected chi connectivity index (χ2v) is 10.2. The Morgan fingerprint density at radius 3 is 1.77 bits per heavy atom. The fraction of sp³-hybridized carbons (Fsp3) is 0.615. The van der Waals surface area contributed by atoms with Crippen molar-refractivity contribution in [1.82, 2.24) is 0 Å². The average molecular weight is 433 g/mol. The Labute approximate surface area is 184 Å². The van der Waals surface area contributed by atoms with E-state index in [0.717, 1.165) is 35.6 Å². The number of fused-ring (bicyclic) bond motifs is 1. The molecule has 1 atom stereocenters. The van der Waals surface area contributed by atoms with Crippen LogP contribution in [0.3, 0.4) is 0 Å². The summed E-state index contributed by atoms with van der Waals surface area (Å²) in [6, 6.07) is 13.5. The maximum absolute atomic E-state index is 12.1. The van der Waals surface area contributed by atoms with Crippen LogP contribution in [0.5, 0.6) is 0 Å². The molecule has 0 saturated heterocycles. The van der Waals surface area contributed by atoms with E-state index < -0.39 is 15.4 Å². The van der Waals surface area contributed by atoms with Gasteiger partial charge in [-0.1, -0.05) is 133 Å². The Bertz CT molecular complexity index is 824. The second kappa shape index (κ2) is 13.8. The molecule has 30 heavy (non-hydrogen) atoms. The molecule has 0 radical (unpaired) electrons. The molecule has 0 amide bonds. The first-order chi connectivity index (χ1) is 14.5. The van der Waals surface area contributed by atoms with Gasteiger partial charge in [0.05, 0.1) is 0 Å². The van der Waals surface area contributed by atoms with Crippen molar-refractivity contribution in [2.45, 2.75) is 102 Å². The predicted octanol–water partition coefficient (Wildman–Crippen LogP) is 8.25. The van der Waals surface area contributed by atoms with Crippen molar-refractivity contribution in [2.75, 3.05) is 0 Å². The molecule has 1 N–H and O–H groups in total. The monoisotopic (exact) mass is 432 g/mol. The Morgan fingerprint density at radius 1 is 0.700 bits per heavy atom. The van der Waals surface area contributed by atoms with E-state index in [1.165, 1.54) is 64.2 Å². The molecular weight excluding hydrogens is 392 g/mol. The maximum Gasteiger partial charge on any atom is 0.272 e. The van der Waals surface area contributed by atoms with Gasteiger partial charge in [0.25, 0.3) is 10.1 Å². The number of hydrogen-bond donors (Lipinski definition) is 1. The van der Waals surface area contributed by atoms with Crippen LogP contribution in [0.15, 0.2) is 42.5 Å². The molecule has 2 aromatic rings. The molecule has 3 nitrogen and oxygen atoms in total. The second-order valence-electron chi connectivity index (χ2n) is 8.60. The van der Waals surface area contributed by atoms with Gasteiger partial charge in [-0.15, -0.1) is 0 Å². The molecule has 2 rings (SSSR count). The lowest BCUT2D eigenvalue weighted by Crippen LogP contribution is -2.12. The van der Waals surface area contributed by atoms with Gasteiger partial charge in [0.15, 0.2) is 0 Å². The summed E-state index contributed by atoms with van der Waals surface area (Å²) in [5, 5.41) is 1.09. The molecule has 4 heteroatoms. The Morgan fingerprint density at radius 2 is 1.20 bits per heavy atom. The van der Waals surface area contributed by atoms with Crippen molar-refractivity contribution >= 4 is 20.9 Å². The van der Waals surface area contributed by atoms with Gasteiger partial charge in [0.2, 0.25) is 0 Å². The van der Waals surface area contributed by atoms with E-state index in [2.05, 4.69) is 6.92 Å². The molecule has 2 aromatic carbocycles.